The van der Waals surface area contributed by atoms with Gasteiger partial charge in [-0.2, -0.15) is 0 Å². The van der Waals surface area contributed by atoms with E-state index in [4.69, 9.17) is 19.5 Å². The molecule has 2 rings (SSSR count). The molecule has 0 aliphatic carbocycles. The van der Waals surface area contributed by atoms with Gasteiger partial charge in [0.15, 0.2) is 6.04 Å². The van der Waals surface area contributed by atoms with Crippen LogP contribution < -0.4 is 24.8 Å². The number of benzene rings is 1. The summed E-state index contributed by atoms with van der Waals surface area (Å²) in [5.41, 5.74) is 5.07. The summed E-state index contributed by atoms with van der Waals surface area (Å²) in [6.45, 7) is 1.72. The summed E-state index contributed by atoms with van der Waals surface area (Å²) < 4.78 is 15.2. The lowest BCUT2D eigenvalue weighted by Crippen LogP contribution is -2.45. The van der Waals surface area contributed by atoms with Gasteiger partial charge in [0.05, 0.1) is 13.0 Å². The van der Waals surface area contributed by atoms with E-state index in [2.05, 4.69) is 5.09 Å². The van der Waals surface area contributed by atoms with Gasteiger partial charge in [0.2, 0.25) is 17.4 Å². The van der Waals surface area contributed by atoms with Crippen LogP contribution >= 0.6 is 8.09 Å². The van der Waals surface area contributed by atoms with Crippen molar-refractivity contribution in [1.29, 1.82) is 0 Å². The number of primary amides is 1. The molecule has 1 aromatic rings. The van der Waals surface area contributed by atoms with Crippen LogP contribution in [0.1, 0.15) is 13.3 Å². The Bertz CT molecular complexity index is 527. The van der Waals surface area contributed by atoms with Crippen molar-refractivity contribution in [2.45, 2.75) is 19.4 Å². The van der Waals surface area contributed by atoms with E-state index in [9.17, 15) is 14.5 Å². The number of rotatable bonds is 6. The molecule has 0 unspecified atom stereocenters. The number of para-hydroxylation sites is 2. The summed E-state index contributed by atoms with van der Waals surface area (Å²) in [6, 6.07) is 5.31. The minimum Gasteiger partial charge on any atom is -0.601 e. The van der Waals surface area contributed by atoms with Crippen molar-refractivity contribution in [2.75, 3.05) is 6.61 Å². The number of carbonyl (C=O) groups excluding carboxylic acids is 2. The lowest BCUT2D eigenvalue weighted by atomic mass is 10.2. The molecule has 1 heterocycles. The Morgan fingerprint density at radius 3 is 2.43 bits per heavy atom. The molecule has 1 amide bonds. The fraction of sp³-hybridized carbons (Fsp3) is 0.333. The van der Waals surface area contributed by atoms with Crippen LogP contribution in [0.5, 0.6) is 11.5 Å². The maximum absolute atomic E-state index is 12.5. The van der Waals surface area contributed by atoms with Crippen LogP contribution in [0.4, 0.5) is 0 Å². The number of carbonyl (C=O) groups is 2. The molecule has 9 heteroatoms. The average molecular weight is 314 g/mol. The highest BCUT2D eigenvalue weighted by molar-refractivity contribution is 7.58. The standard InChI is InChI=1S/C12H15N2O6P/c1-2-18-12(16)8(7-11(13)15)14-21(17)19-9-5-3-4-6-10(9)20-21/h3-6,8H,2,7H2,1H3,(H2,13,15)(H,14,17)/t8-/m0/s1. The van der Waals surface area contributed by atoms with Gasteiger partial charge in [0, 0.05) is 0 Å². The molecule has 1 aliphatic heterocycles. The second-order valence-corrected chi connectivity index (χ2v) is 5.85. The zero-order valence-corrected chi connectivity index (χ0v) is 12.2. The largest absolute Gasteiger partial charge is 0.601 e. The van der Waals surface area contributed by atoms with Crippen molar-refractivity contribution in [3.8, 4) is 11.5 Å². The SMILES string of the molecule is CCOC(=O)[C@H](CC(N)=O)N[P+]1([O-])Oc2ccccc2O1. The van der Waals surface area contributed by atoms with E-state index in [1.54, 1.807) is 31.2 Å². The van der Waals surface area contributed by atoms with Gasteiger partial charge in [-0.25, -0.2) is 0 Å². The summed E-state index contributed by atoms with van der Waals surface area (Å²) >= 11 is 0. The molecule has 8 nitrogen and oxygen atoms in total. The second-order valence-electron chi connectivity index (χ2n) is 4.23. The van der Waals surface area contributed by atoms with Crippen molar-refractivity contribution in [3.05, 3.63) is 24.3 Å². The van der Waals surface area contributed by atoms with Gasteiger partial charge in [-0.05, 0) is 19.1 Å². The summed E-state index contributed by atoms with van der Waals surface area (Å²) in [6.07, 6.45) is -0.383. The van der Waals surface area contributed by atoms with E-state index in [0.717, 1.165) is 0 Å². The second kappa shape index (κ2) is 6.26. The molecule has 1 atom stereocenters. The molecule has 114 valence electrons. The van der Waals surface area contributed by atoms with E-state index >= 15 is 0 Å². The van der Waals surface area contributed by atoms with Crippen molar-refractivity contribution in [2.24, 2.45) is 5.73 Å². The minimum atomic E-state index is -3.80. The van der Waals surface area contributed by atoms with Crippen molar-refractivity contribution in [3.63, 3.8) is 0 Å². The minimum absolute atomic E-state index is 0.113. The molecule has 0 saturated carbocycles. The topological polar surface area (TPSA) is 123 Å². The number of esters is 1. The Labute approximate surface area is 121 Å². The van der Waals surface area contributed by atoms with E-state index in [0.29, 0.717) is 0 Å². The normalized spacial score (nSPS) is 16.3. The fourth-order valence-corrected chi connectivity index (χ4v) is 3.29. The molecule has 0 saturated heterocycles. The number of nitrogens with two attached hydrogens (primary N) is 1. The van der Waals surface area contributed by atoms with Gasteiger partial charge in [-0.1, -0.05) is 12.1 Å². The highest BCUT2D eigenvalue weighted by Crippen LogP contribution is 2.58. The third-order valence-corrected chi connectivity index (χ3v) is 4.08. The van der Waals surface area contributed by atoms with Gasteiger partial charge < -0.3 is 15.4 Å². The molecule has 0 aromatic heterocycles. The Hall–Kier alpha value is -1.89. The Morgan fingerprint density at radius 2 is 1.95 bits per heavy atom. The fourth-order valence-electron chi connectivity index (χ4n) is 1.75. The molecule has 1 aromatic carbocycles. The molecule has 3 N–H and O–H groups in total. The summed E-state index contributed by atoms with van der Waals surface area (Å²) in [4.78, 5) is 35.2. The van der Waals surface area contributed by atoms with Crippen molar-refractivity contribution in [1.82, 2.24) is 5.09 Å². The zero-order chi connectivity index (χ0) is 15.5. The first kappa shape index (κ1) is 15.5. The third-order valence-electron chi connectivity index (χ3n) is 2.58. The van der Waals surface area contributed by atoms with Gasteiger partial charge in [-0.3, -0.25) is 18.6 Å². The lowest BCUT2D eigenvalue weighted by molar-refractivity contribution is -0.204. The third kappa shape index (κ3) is 3.81. The number of ether oxygens (including phenoxy) is 1. The highest BCUT2D eigenvalue weighted by Gasteiger charge is 2.46. The number of hydrogen-bond acceptors (Lipinski definition) is 7. The quantitative estimate of drug-likeness (QED) is 0.555. The Balaban J connectivity index is 2.10. The maximum atomic E-state index is 12.5. The predicted octanol–water partition coefficient (Wildman–Crippen LogP) is -0.108. The van der Waals surface area contributed by atoms with Gasteiger partial charge >= 0.3 is 14.1 Å². The molecular formula is C12H15N2O6P. The van der Waals surface area contributed by atoms with Crippen LogP contribution in [-0.2, 0) is 14.3 Å². The maximum Gasteiger partial charge on any atom is 0.410 e. The smallest absolute Gasteiger partial charge is 0.410 e. The van der Waals surface area contributed by atoms with E-state index in [1.165, 1.54) is 0 Å². The van der Waals surface area contributed by atoms with Crippen LogP contribution in [0.15, 0.2) is 24.3 Å². The van der Waals surface area contributed by atoms with Gasteiger partial charge in [0.1, 0.15) is 0 Å². The summed E-state index contributed by atoms with van der Waals surface area (Å²) in [5.74, 6) is -0.927. The van der Waals surface area contributed by atoms with Crippen molar-refractivity contribution < 1.29 is 28.3 Å². The van der Waals surface area contributed by atoms with Gasteiger partial charge in [0.25, 0.3) is 0 Å². The zero-order valence-electron chi connectivity index (χ0n) is 11.3. The van der Waals surface area contributed by atoms with Crippen LogP contribution in [0.2, 0.25) is 0 Å². The predicted molar refractivity (Wildman–Crippen MR) is 72.0 cm³/mol. The number of amides is 1. The molecule has 1 aliphatic rings. The first-order valence-corrected chi connectivity index (χ1v) is 7.79. The van der Waals surface area contributed by atoms with Crippen LogP contribution in [0, 0.1) is 0 Å². The Kier molecular flexibility index (Phi) is 4.62. The molecule has 21 heavy (non-hydrogen) atoms. The lowest BCUT2D eigenvalue weighted by Gasteiger charge is -2.24. The number of fused-ring (bicyclic) bond motifs is 1. The van der Waals surface area contributed by atoms with Crippen LogP contribution in [0.25, 0.3) is 0 Å². The van der Waals surface area contributed by atoms with Gasteiger partial charge in [-0.15, -0.1) is 5.09 Å². The highest BCUT2D eigenvalue weighted by atomic mass is 31.2. The first-order chi connectivity index (χ1) is 9.93. The molecule has 0 radical (unpaired) electrons. The summed E-state index contributed by atoms with van der Waals surface area (Å²) in [5, 5.41) is 2.39. The average Bonchev–Trinajstić information content (AvgIpc) is 2.73. The number of nitrogens with one attached hydrogen (secondary N) is 1. The van der Waals surface area contributed by atoms with E-state index in [1.807, 2.05) is 0 Å². The van der Waals surface area contributed by atoms with E-state index in [-0.39, 0.29) is 24.5 Å². The van der Waals surface area contributed by atoms with Crippen LogP contribution in [0.3, 0.4) is 0 Å². The molecule has 0 spiro atoms. The van der Waals surface area contributed by atoms with E-state index < -0.39 is 26.0 Å². The number of hydrogen-bond donors (Lipinski definition) is 2. The first-order valence-electron chi connectivity index (χ1n) is 6.24. The Morgan fingerprint density at radius 1 is 1.38 bits per heavy atom. The molecule has 0 bridgehead atoms. The van der Waals surface area contributed by atoms with Crippen molar-refractivity contribution >= 4 is 20.0 Å². The molecular weight excluding hydrogens is 299 g/mol. The summed E-state index contributed by atoms with van der Waals surface area (Å²) in [7, 11) is -3.80. The molecule has 0 fully saturated rings. The monoisotopic (exact) mass is 314 g/mol. The van der Waals surface area contributed by atoms with Crippen LogP contribution in [-0.4, -0.2) is 24.5 Å².